The third-order valence-corrected chi connectivity index (χ3v) is 3.96. The van der Waals surface area contributed by atoms with E-state index in [1.807, 2.05) is 36.4 Å². The minimum atomic E-state index is -0.574. The number of ether oxygens (including phenoxy) is 1. The van der Waals surface area contributed by atoms with Gasteiger partial charge >= 0.3 is 5.97 Å². The van der Waals surface area contributed by atoms with Gasteiger partial charge < -0.3 is 4.74 Å². The average molecular weight is 339 g/mol. The monoisotopic (exact) mass is 338 g/mol. The van der Waals surface area contributed by atoms with Crippen LogP contribution in [0.5, 0.6) is 0 Å². The lowest BCUT2D eigenvalue weighted by molar-refractivity contribution is 0.0595. The molecule has 4 rings (SSSR count). The van der Waals surface area contributed by atoms with Gasteiger partial charge in [0.2, 0.25) is 0 Å². The number of esters is 1. The van der Waals surface area contributed by atoms with Crippen molar-refractivity contribution in [2.45, 2.75) is 0 Å². The molecule has 2 aromatic carbocycles. The van der Waals surface area contributed by atoms with Gasteiger partial charge in [-0.15, -0.1) is 0 Å². The number of para-hydroxylation sites is 3. The van der Waals surface area contributed by atoms with Gasteiger partial charge in [-0.1, -0.05) is 35.9 Å². The number of carbonyl (C=O) groups is 1. The van der Waals surface area contributed by atoms with Crippen molar-refractivity contribution in [1.29, 1.82) is 0 Å². The molecule has 0 aliphatic heterocycles. The number of aromatic nitrogens is 4. The van der Waals surface area contributed by atoms with Crippen molar-refractivity contribution in [3.8, 4) is 5.69 Å². The summed E-state index contributed by atoms with van der Waals surface area (Å²) in [7, 11) is 1.30. The van der Waals surface area contributed by atoms with Gasteiger partial charge in [0.05, 0.1) is 28.9 Å². The lowest BCUT2D eigenvalue weighted by Gasteiger charge is -2.05. The molecule has 118 valence electrons. The Kier molecular flexibility index (Phi) is 3.39. The van der Waals surface area contributed by atoms with Crippen LogP contribution in [-0.4, -0.2) is 32.8 Å². The summed E-state index contributed by atoms with van der Waals surface area (Å²) in [6, 6.07) is 14.6. The zero-order valence-electron chi connectivity index (χ0n) is 12.6. The Morgan fingerprint density at radius 3 is 2.42 bits per heavy atom. The predicted octanol–water partition coefficient (Wildman–Crippen LogP) is 3.41. The van der Waals surface area contributed by atoms with Crippen LogP contribution in [0.25, 0.3) is 27.9 Å². The van der Waals surface area contributed by atoms with Crippen LogP contribution in [0.15, 0.2) is 48.5 Å². The number of nitrogens with zero attached hydrogens (tertiary/aromatic N) is 4. The molecular weight excluding hydrogens is 328 g/mol. The molecule has 0 radical (unpaired) electrons. The molecule has 0 N–H and O–H groups in total. The molecule has 4 aromatic rings. The minimum absolute atomic E-state index is 0.102. The molecule has 0 aliphatic carbocycles. The maximum atomic E-state index is 12.1. The third kappa shape index (κ3) is 2.19. The largest absolute Gasteiger partial charge is 0.464 e. The van der Waals surface area contributed by atoms with Crippen LogP contribution in [0.2, 0.25) is 5.02 Å². The van der Waals surface area contributed by atoms with Crippen LogP contribution in [0.1, 0.15) is 10.5 Å². The quantitative estimate of drug-likeness (QED) is 0.524. The van der Waals surface area contributed by atoms with Crippen LogP contribution in [0, 0.1) is 0 Å². The molecule has 24 heavy (non-hydrogen) atoms. The Hall–Kier alpha value is -2.99. The summed E-state index contributed by atoms with van der Waals surface area (Å²) in [5, 5.41) is 4.84. The highest BCUT2D eigenvalue weighted by Gasteiger charge is 2.22. The molecule has 6 nitrogen and oxygen atoms in total. The van der Waals surface area contributed by atoms with Crippen molar-refractivity contribution in [3.05, 3.63) is 59.2 Å². The molecule has 0 unspecified atom stereocenters. The second kappa shape index (κ2) is 5.58. The zero-order valence-corrected chi connectivity index (χ0v) is 13.4. The fraction of sp³-hybridized carbons (Fsp3) is 0.0588. The van der Waals surface area contributed by atoms with Crippen LogP contribution < -0.4 is 0 Å². The summed E-state index contributed by atoms with van der Waals surface area (Å²) in [6.45, 7) is 0. The summed E-state index contributed by atoms with van der Waals surface area (Å²) in [5.74, 6) is -0.574. The SMILES string of the molecule is COC(=O)c1nn(-c2ccccc2Cl)c2nc3ccccc3nc12. The van der Waals surface area contributed by atoms with Gasteiger partial charge in [-0.2, -0.15) is 5.10 Å². The van der Waals surface area contributed by atoms with E-state index >= 15 is 0 Å². The maximum Gasteiger partial charge on any atom is 0.360 e. The van der Waals surface area contributed by atoms with Gasteiger partial charge in [0.15, 0.2) is 11.3 Å². The highest BCUT2D eigenvalue weighted by Crippen LogP contribution is 2.26. The zero-order chi connectivity index (χ0) is 16.7. The molecular formula is C17H11ClN4O2. The summed E-state index contributed by atoms with van der Waals surface area (Å²) in [4.78, 5) is 21.2. The number of benzene rings is 2. The predicted molar refractivity (Wildman–Crippen MR) is 90.5 cm³/mol. The first kappa shape index (κ1) is 14.6. The second-order valence-electron chi connectivity index (χ2n) is 5.09. The van der Waals surface area contributed by atoms with Crippen molar-refractivity contribution < 1.29 is 9.53 Å². The van der Waals surface area contributed by atoms with Gasteiger partial charge in [-0.3, -0.25) is 0 Å². The molecule has 0 bridgehead atoms. The Morgan fingerprint density at radius 1 is 1.04 bits per heavy atom. The standard InChI is InChI=1S/C17H11ClN4O2/c1-24-17(23)15-14-16(20-12-8-4-3-7-11(12)19-14)22(21-15)13-9-5-2-6-10(13)18/h2-9H,1H3. The first-order chi connectivity index (χ1) is 11.7. The lowest BCUT2D eigenvalue weighted by Crippen LogP contribution is -2.04. The van der Waals surface area contributed by atoms with E-state index in [-0.39, 0.29) is 5.69 Å². The Labute approximate surface area is 141 Å². The molecule has 0 saturated heterocycles. The van der Waals surface area contributed by atoms with E-state index in [4.69, 9.17) is 16.3 Å². The van der Waals surface area contributed by atoms with Gasteiger partial charge in [0, 0.05) is 0 Å². The van der Waals surface area contributed by atoms with Crippen molar-refractivity contribution in [3.63, 3.8) is 0 Å². The van der Waals surface area contributed by atoms with Gasteiger partial charge in [-0.25, -0.2) is 19.4 Å². The topological polar surface area (TPSA) is 69.9 Å². The number of fused-ring (bicyclic) bond motifs is 2. The third-order valence-electron chi connectivity index (χ3n) is 3.64. The highest BCUT2D eigenvalue weighted by atomic mass is 35.5. The van der Waals surface area contributed by atoms with Gasteiger partial charge in [0.1, 0.15) is 5.52 Å². The Bertz CT molecular complexity index is 1090. The van der Waals surface area contributed by atoms with Gasteiger partial charge in [0.25, 0.3) is 0 Å². The van der Waals surface area contributed by atoms with Crippen molar-refractivity contribution in [2.75, 3.05) is 7.11 Å². The van der Waals surface area contributed by atoms with Crippen LogP contribution in [0.3, 0.4) is 0 Å². The molecule has 2 heterocycles. The number of rotatable bonds is 2. The summed E-state index contributed by atoms with van der Waals surface area (Å²) in [6.07, 6.45) is 0. The fourth-order valence-electron chi connectivity index (χ4n) is 2.52. The summed E-state index contributed by atoms with van der Waals surface area (Å²) >= 11 is 6.27. The van der Waals surface area contributed by atoms with Crippen molar-refractivity contribution >= 4 is 39.8 Å². The lowest BCUT2D eigenvalue weighted by atomic mass is 10.3. The van der Waals surface area contributed by atoms with E-state index in [1.165, 1.54) is 11.8 Å². The Morgan fingerprint density at radius 2 is 1.71 bits per heavy atom. The first-order valence-electron chi connectivity index (χ1n) is 7.18. The Balaban J connectivity index is 2.12. The molecule has 0 aliphatic rings. The van der Waals surface area contributed by atoms with Crippen LogP contribution >= 0.6 is 11.6 Å². The fourth-order valence-corrected chi connectivity index (χ4v) is 2.73. The van der Waals surface area contributed by atoms with E-state index in [0.29, 0.717) is 32.9 Å². The maximum absolute atomic E-state index is 12.1. The molecule has 7 heteroatoms. The van der Waals surface area contributed by atoms with Crippen LogP contribution in [0.4, 0.5) is 0 Å². The van der Waals surface area contributed by atoms with E-state index in [2.05, 4.69) is 15.1 Å². The highest BCUT2D eigenvalue weighted by molar-refractivity contribution is 6.32. The molecule has 0 amide bonds. The number of halogens is 1. The molecule has 0 saturated carbocycles. The molecule has 0 atom stereocenters. The van der Waals surface area contributed by atoms with Crippen LogP contribution in [-0.2, 0) is 4.74 Å². The molecule has 0 spiro atoms. The van der Waals surface area contributed by atoms with Crippen molar-refractivity contribution in [1.82, 2.24) is 19.7 Å². The number of methoxy groups -OCH3 is 1. The normalized spacial score (nSPS) is 11.1. The minimum Gasteiger partial charge on any atom is -0.464 e. The first-order valence-corrected chi connectivity index (χ1v) is 7.55. The average Bonchev–Trinajstić information content (AvgIpc) is 2.98. The van der Waals surface area contributed by atoms with E-state index in [0.717, 1.165) is 0 Å². The number of hydrogen-bond donors (Lipinski definition) is 0. The summed E-state index contributed by atoms with van der Waals surface area (Å²) < 4.78 is 6.34. The molecule has 0 fully saturated rings. The smallest absolute Gasteiger partial charge is 0.360 e. The number of hydrogen-bond acceptors (Lipinski definition) is 5. The number of carbonyl (C=O) groups excluding carboxylic acids is 1. The second-order valence-corrected chi connectivity index (χ2v) is 5.50. The van der Waals surface area contributed by atoms with Gasteiger partial charge in [-0.05, 0) is 24.3 Å². The van der Waals surface area contributed by atoms with E-state index in [1.54, 1.807) is 12.1 Å². The van der Waals surface area contributed by atoms with E-state index in [9.17, 15) is 4.79 Å². The van der Waals surface area contributed by atoms with E-state index < -0.39 is 5.97 Å². The van der Waals surface area contributed by atoms with Crippen molar-refractivity contribution in [2.24, 2.45) is 0 Å². The summed E-state index contributed by atoms with van der Waals surface area (Å²) in [5.41, 5.74) is 2.92. The molecule has 2 aromatic heterocycles.